The van der Waals surface area contributed by atoms with Crippen molar-refractivity contribution in [3.63, 3.8) is 0 Å². The first kappa shape index (κ1) is 17.4. The van der Waals surface area contributed by atoms with Crippen molar-refractivity contribution in [1.29, 1.82) is 0 Å². The van der Waals surface area contributed by atoms with Crippen LogP contribution >= 0.6 is 11.6 Å². The van der Waals surface area contributed by atoms with Crippen LogP contribution in [0.4, 0.5) is 0 Å². The molecular weight excluding hydrogens is 298 g/mol. The van der Waals surface area contributed by atoms with Crippen LogP contribution in [0, 0.1) is 0 Å². The molecule has 6 heteroatoms. The zero-order chi connectivity index (χ0) is 15.4. The van der Waals surface area contributed by atoms with Gasteiger partial charge < -0.3 is 10.4 Å². The summed E-state index contributed by atoms with van der Waals surface area (Å²) in [6, 6.07) is 6.83. The lowest BCUT2D eigenvalue weighted by Crippen LogP contribution is -2.42. The van der Waals surface area contributed by atoms with E-state index in [4.69, 9.17) is 11.6 Å². The number of halogens is 1. The van der Waals surface area contributed by atoms with Crippen molar-refractivity contribution in [2.75, 3.05) is 12.3 Å². The maximum atomic E-state index is 12.0. The Kier molecular flexibility index (Phi) is 6.01. The number of benzene rings is 1. The van der Waals surface area contributed by atoms with Crippen LogP contribution < -0.4 is 5.32 Å². The lowest BCUT2D eigenvalue weighted by Gasteiger charge is -2.22. The number of aliphatic hydroxyl groups excluding tert-OH is 1. The predicted molar refractivity (Wildman–Crippen MR) is 82.7 cm³/mol. The van der Waals surface area contributed by atoms with Gasteiger partial charge in [-0.2, -0.15) is 0 Å². The van der Waals surface area contributed by atoms with E-state index in [-0.39, 0.29) is 23.6 Å². The van der Waals surface area contributed by atoms with Crippen molar-refractivity contribution in [3.8, 4) is 0 Å². The van der Waals surface area contributed by atoms with Gasteiger partial charge in [-0.3, -0.25) is 0 Å². The molecular formula is C14H22ClNO3S. The molecule has 1 aromatic rings. The summed E-state index contributed by atoms with van der Waals surface area (Å²) in [5.41, 5.74) is 0.401. The van der Waals surface area contributed by atoms with E-state index in [1.54, 1.807) is 24.3 Å². The van der Waals surface area contributed by atoms with Gasteiger partial charge in [0.15, 0.2) is 9.84 Å². The van der Waals surface area contributed by atoms with Crippen LogP contribution in [0.2, 0.25) is 5.02 Å². The number of nitrogens with one attached hydrogen (secondary N) is 1. The first-order valence-corrected chi connectivity index (χ1v) is 8.66. The Bertz CT molecular complexity index is 538. The first-order chi connectivity index (χ1) is 9.09. The average Bonchev–Trinajstić information content (AvgIpc) is 2.28. The highest BCUT2D eigenvalue weighted by atomic mass is 35.5. The van der Waals surface area contributed by atoms with Crippen LogP contribution in [0.15, 0.2) is 24.3 Å². The molecule has 0 fully saturated rings. The van der Waals surface area contributed by atoms with Gasteiger partial charge in [-0.05, 0) is 32.4 Å². The van der Waals surface area contributed by atoms with E-state index in [1.165, 1.54) is 0 Å². The van der Waals surface area contributed by atoms with Crippen molar-refractivity contribution < 1.29 is 13.5 Å². The molecule has 0 bridgehead atoms. The molecule has 20 heavy (non-hydrogen) atoms. The fourth-order valence-electron chi connectivity index (χ4n) is 1.69. The minimum Gasteiger partial charge on any atom is -0.391 e. The summed E-state index contributed by atoms with van der Waals surface area (Å²) in [7, 11) is -3.40. The van der Waals surface area contributed by atoms with E-state index >= 15 is 0 Å². The highest BCUT2D eigenvalue weighted by Crippen LogP contribution is 2.18. The summed E-state index contributed by atoms with van der Waals surface area (Å²) in [5.74, 6) is -0.430. The van der Waals surface area contributed by atoms with Crippen molar-refractivity contribution in [2.45, 2.75) is 38.2 Å². The maximum absolute atomic E-state index is 12.0. The Hall–Kier alpha value is -0.620. The Labute approximate surface area is 126 Å². The molecule has 2 N–H and O–H groups in total. The quantitative estimate of drug-likeness (QED) is 0.841. The molecule has 0 aliphatic heterocycles. The normalized spacial score (nSPS) is 14.2. The molecule has 0 radical (unpaired) electrons. The van der Waals surface area contributed by atoms with Crippen molar-refractivity contribution in [2.24, 2.45) is 0 Å². The number of aliphatic hydroxyl groups is 1. The van der Waals surface area contributed by atoms with Crippen molar-refractivity contribution in [1.82, 2.24) is 5.32 Å². The van der Waals surface area contributed by atoms with Gasteiger partial charge in [0.05, 0.1) is 17.6 Å². The smallest absolute Gasteiger partial charge is 0.157 e. The van der Waals surface area contributed by atoms with Crippen LogP contribution in [-0.4, -0.2) is 37.5 Å². The van der Waals surface area contributed by atoms with E-state index < -0.39 is 15.9 Å². The summed E-state index contributed by atoms with van der Waals surface area (Å²) in [5, 5.41) is 13.3. The largest absolute Gasteiger partial charge is 0.391 e. The second kappa shape index (κ2) is 6.89. The minimum absolute atomic E-state index is 0.154. The molecule has 4 nitrogen and oxygen atoms in total. The van der Waals surface area contributed by atoms with E-state index in [2.05, 4.69) is 5.32 Å². The Morgan fingerprint density at radius 2 is 1.90 bits per heavy atom. The number of β-amino-alcohol motifs (C(OH)–C–C–N with tert-alkyl or cyclic N) is 1. The summed E-state index contributed by atoms with van der Waals surface area (Å²) >= 11 is 5.95. The molecule has 114 valence electrons. The molecule has 0 aliphatic carbocycles. The van der Waals surface area contributed by atoms with Gasteiger partial charge in [-0.1, -0.05) is 29.8 Å². The predicted octanol–water partition coefficient (Wildman–Crippen LogP) is 2.00. The van der Waals surface area contributed by atoms with Gasteiger partial charge in [0, 0.05) is 17.1 Å². The third kappa shape index (κ3) is 6.70. The lowest BCUT2D eigenvalue weighted by atomic mass is 10.1. The standard InChI is InChI=1S/C14H22ClNO3S/c1-14(2,3)16-8-12(17)10-20(18,19)9-11-6-4-5-7-13(11)15/h4-7,12,16-17H,8-10H2,1-3H3. The summed E-state index contributed by atoms with van der Waals surface area (Å²) in [6.45, 7) is 6.11. The van der Waals surface area contributed by atoms with E-state index in [1.807, 2.05) is 20.8 Å². The van der Waals surface area contributed by atoms with E-state index in [0.717, 1.165) is 0 Å². The molecule has 0 saturated heterocycles. The minimum atomic E-state index is -3.40. The second-order valence-electron chi connectivity index (χ2n) is 5.93. The molecule has 1 aromatic carbocycles. The first-order valence-electron chi connectivity index (χ1n) is 6.46. The highest BCUT2D eigenvalue weighted by molar-refractivity contribution is 7.90. The zero-order valence-corrected chi connectivity index (χ0v) is 13.6. The SMILES string of the molecule is CC(C)(C)NCC(O)CS(=O)(=O)Cc1ccccc1Cl. The zero-order valence-electron chi connectivity index (χ0n) is 12.1. The molecule has 0 heterocycles. The van der Waals surface area contributed by atoms with Crippen molar-refractivity contribution >= 4 is 21.4 Å². The molecule has 0 aromatic heterocycles. The third-order valence-corrected chi connectivity index (χ3v) is 4.66. The number of sulfone groups is 1. The van der Waals surface area contributed by atoms with Gasteiger partial charge in [0.25, 0.3) is 0 Å². The number of rotatable bonds is 6. The Balaban J connectivity index is 2.60. The van der Waals surface area contributed by atoms with Crippen LogP contribution in [0.5, 0.6) is 0 Å². The van der Waals surface area contributed by atoms with Crippen LogP contribution in [0.3, 0.4) is 0 Å². The topological polar surface area (TPSA) is 66.4 Å². The maximum Gasteiger partial charge on any atom is 0.157 e. The van der Waals surface area contributed by atoms with Gasteiger partial charge in [-0.25, -0.2) is 8.42 Å². The van der Waals surface area contributed by atoms with Gasteiger partial charge in [0.2, 0.25) is 0 Å². The molecule has 0 amide bonds. The molecule has 0 saturated carbocycles. The molecule has 0 spiro atoms. The summed E-state index contributed by atoms with van der Waals surface area (Å²) in [4.78, 5) is 0. The van der Waals surface area contributed by atoms with Gasteiger partial charge >= 0.3 is 0 Å². The molecule has 1 atom stereocenters. The Morgan fingerprint density at radius 1 is 1.30 bits per heavy atom. The monoisotopic (exact) mass is 319 g/mol. The second-order valence-corrected chi connectivity index (χ2v) is 8.45. The average molecular weight is 320 g/mol. The summed E-state index contributed by atoms with van der Waals surface area (Å²) in [6.07, 6.45) is -0.929. The molecule has 1 rings (SSSR count). The van der Waals surface area contributed by atoms with Gasteiger partial charge in [0.1, 0.15) is 0 Å². The molecule has 0 aliphatic rings. The summed E-state index contributed by atoms with van der Waals surface area (Å²) < 4.78 is 24.1. The van der Waals surface area contributed by atoms with E-state index in [9.17, 15) is 13.5 Å². The third-order valence-electron chi connectivity index (χ3n) is 2.65. The van der Waals surface area contributed by atoms with Crippen LogP contribution in [-0.2, 0) is 15.6 Å². The Morgan fingerprint density at radius 3 is 2.45 bits per heavy atom. The van der Waals surface area contributed by atoms with E-state index in [0.29, 0.717) is 10.6 Å². The number of hydrogen-bond acceptors (Lipinski definition) is 4. The highest BCUT2D eigenvalue weighted by Gasteiger charge is 2.20. The van der Waals surface area contributed by atoms with Crippen LogP contribution in [0.1, 0.15) is 26.3 Å². The lowest BCUT2D eigenvalue weighted by molar-refractivity contribution is 0.181. The van der Waals surface area contributed by atoms with Crippen LogP contribution in [0.25, 0.3) is 0 Å². The fourth-order valence-corrected chi connectivity index (χ4v) is 3.52. The van der Waals surface area contributed by atoms with Gasteiger partial charge in [-0.15, -0.1) is 0 Å². The molecule has 1 unspecified atom stereocenters. The number of hydrogen-bond donors (Lipinski definition) is 2. The van der Waals surface area contributed by atoms with Crippen molar-refractivity contribution in [3.05, 3.63) is 34.9 Å². The fraction of sp³-hybridized carbons (Fsp3) is 0.571.